The van der Waals surface area contributed by atoms with E-state index in [1.165, 1.54) is 0 Å². The largest absolute Gasteiger partial charge is 0.491 e. The quantitative estimate of drug-likeness (QED) is 0.442. The van der Waals surface area contributed by atoms with E-state index in [9.17, 15) is 26.3 Å². The summed E-state index contributed by atoms with van der Waals surface area (Å²) in [6.45, 7) is 1.17. The van der Waals surface area contributed by atoms with Crippen molar-refractivity contribution in [1.82, 2.24) is 0 Å². The third kappa shape index (κ3) is 4.18. The van der Waals surface area contributed by atoms with Crippen LogP contribution >= 0.6 is 0 Å². The molecule has 0 aliphatic carbocycles. The molecule has 0 spiro atoms. The first kappa shape index (κ1) is 21.8. The Morgan fingerprint density at radius 1 is 0.774 bits per heavy atom. The number of alkyl halides is 6. The van der Waals surface area contributed by atoms with Gasteiger partial charge in [0.25, 0.3) is 0 Å². The molecule has 4 rings (SSSR count). The third-order valence-corrected chi connectivity index (χ3v) is 5.19. The minimum Gasteiger partial charge on any atom is -0.491 e. The van der Waals surface area contributed by atoms with Crippen LogP contribution in [0.2, 0.25) is 0 Å². The summed E-state index contributed by atoms with van der Waals surface area (Å²) in [6, 6.07) is 7.48. The molecule has 2 aromatic rings. The van der Waals surface area contributed by atoms with Crippen molar-refractivity contribution in [1.29, 1.82) is 0 Å². The van der Waals surface area contributed by atoms with E-state index in [-0.39, 0.29) is 24.2 Å². The van der Waals surface area contributed by atoms with Gasteiger partial charge >= 0.3 is 12.4 Å². The molecule has 10 heteroatoms. The van der Waals surface area contributed by atoms with Crippen LogP contribution < -0.4 is 9.47 Å². The van der Waals surface area contributed by atoms with Crippen LogP contribution in [0.25, 0.3) is 0 Å². The van der Waals surface area contributed by atoms with Gasteiger partial charge in [-0.15, -0.1) is 0 Å². The molecule has 31 heavy (non-hydrogen) atoms. The zero-order chi connectivity index (χ0) is 22.3. The molecule has 2 aliphatic rings. The van der Waals surface area contributed by atoms with Gasteiger partial charge in [-0.25, -0.2) is 0 Å². The minimum absolute atomic E-state index is 0.102. The molecular formula is C21H18F6O4. The van der Waals surface area contributed by atoms with Crippen LogP contribution in [0.4, 0.5) is 26.3 Å². The Kier molecular flexibility index (Phi) is 5.55. The van der Waals surface area contributed by atoms with E-state index < -0.39 is 35.2 Å². The summed E-state index contributed by atoms with van der Waals surface area (Å²) < 4.78 is 106. The number of ether oxygens (including phenoxy) is 4. The Morgan fingerprint density at radius 3 is 1.65 bits per heavy atom. The number of rotatable bonds is 7. The summed E-state index contributed by atoms with van der Waals surface area (Å²) in [6.07, 6.45) is -11.4. The SMILES string of the molecule is FC(F)(F)C(c1ccc(OCC2CO2)cc1)(c1ccc(OC2CCO2)cc1)C(F)(F)F. The first-order valence-electron chi connectivity index (χ1n) is 9.48. The van der Waals surface area contributed by atoms with E-state index in [4.69, 9.17) is 18.9 Å². The van der Waals surface area contributed by atoms with Gasteiger partial charge in [0.2, 0.25) is 11.7 Å². The molecule has 2 aliphatic heterocycles. The Morgan fingerprint density at radius 2 is 1.26 bits per heavy atom. The molecule has 0 amide bonds. The number of hydrogen-bond acceptors (Lipinski definition) is 4. The lowest BCUT2D eigenvalue weighted by Crippen LogP contribution is -2.54. The molecular weight excluding hydrogens is 430 g/mol. The molecule has 0 N–H and O–H groups in total. The second-order valence-electron chi connectivity index (χ2n) is 7.27. The average molecular weight is 448 g/mol. The lowest BCUT2D eigenvalue weighted by molar-refractivity contribution is -0.288. The standard InChI is InChI=1S/C21H18F6O4/c22-20(23,24)19(21(25,26)27,13-1-5-15(6-2-13)29-11-17-12-30-17)14-3-7-16(8-4-14)31-18-9-10-28-18/h1-8,17-18H,9-12H2. The van der Waals surface area contributed by atoms with Crippen LogP contribution in [-0.4, -0.2) is 44.6 Å². The highest BCUT2D eigenvalue weighted by atomic mass is 19.4. The maximum atomic E-state index is 14.2. The molecule has 2 heterocycles. The fourth-order valence-electron chi connectivity index (χ4n) is 3.38. The number of epoxide rings is 1. The normalized spacial score (nSPS) is 21.4. The van der Waals surface area contributed by atoms with Crippen molar-refractivity contribution >= 4 is 0 Å². The smallest absolute Gasteiger partial charge is 0.411 e. The summed E-state index contributed by atoms with van der Waals surface area (Å²) in [5.74, 6) is 0.277. The van der Waals surface area contributed by atoms with Gasteiger partial charge in [0.15, 0.2) is 0 Å². The molecule has 2 saturated heterocycles. The summed E-state index contributed by atoms with van der Waals surface area (Å²) >= 11 is 0. The molecule has 2 fully saturated rings. The predicted molar refractivity (Wildman–Crippen MR) is 96.0 cm³/mol. The highest BCUT2D eigenvalue weighted by molar-refractivity contribution is 5.47. The summed E-state index contributed by atoms with van der Waals surface area (Å²) in [5, 5.41) is 0. The zero-order valence-corrected chi connectivity index (χ0v) is 16.0. The number of benzene rings is 2. The number of halogens is 6. The van der Waals surface area contributed by atoms with Crippen molar-refractivity contribution in [2.45, 2.75) is 36.6 Å². The highest BCUT2D eigenvalue weighted by Gasteiger charge is 2.72. The van der Waals surface area contributed by atoms with Gasteiger partial charge in [-0.1, -0.05) is 24.3 Å². The van der Waals surface area contributed by atoms with Gasteiger partial charge < -0.3 is 18.9 Å². The fraction of sp³-hybridized carbons (Fsp3) is 0.429. The molecule has 0 saturated carbocycles. The molecule has 0 radical (unpaired) electrons. The first-order chi connectivity index (χ1) is 14.6. The summed E-state index contributed by atoms with van der Waals surface area (Å²) in [5.41, 5.74) is -6.14. The maximum absolute atomic E-state index is 14.2. The van der Waals surface area contributed by atoms with Crippen molar-refractivity contribution in [2.75, 3.05) is 19.8 Å². The highest BCUT2D eigenvalue weighted by Crippen LogP contribution is 2.56. The Hall–Kier alpha value is -2.46. The fourth-order valence-corrected chi connectivity index (χ4v) is 3.38. The van der Waals surface area contributed by atoms with E-state index in [0.717, 1.165) is 48.5 Å². The van der Waals surface area contributed by atoms with E-state index in [2.05, 4.69) is 0 Å². The minimum atomic E-state index is -5.66. The lowest BCUT2D eigenvalue weighted by Gasteiger charge is -2.38. The van der Waals surface area contributed by atoms with Crippen molar-refractivity contribution in [3.63, 3.8) is 0 Å². The van der Waals surface area contributed by atoms with Gasteiger partial charge in [-0.3, -0.25) is 0 Å². The van der Waals surface area contributed by atoms with E-state index in [1.54, 1.807) is 0 Å². The predicted octanol–water partition coefficient (Wildman–Crippen LogP) is 5.00. The van der Waals surface area contributed by atoms with E-state index in [0.29, 0.717) is 19.6 Å². The third-order valence-electron chi connectivity index (χ3n) is 5.19. The second kappa shape index (κ2) is 7.90. The van der Waals surface area contributed by atoms with Gasteiger partial charge in [-0.05, 0) is 35.4 Å². The number of hydrogen-bond donors (Lipinski definition) is 0. The Labute approximate surface area is 173 Å². The van der Waals surface area contributed by atoms with Gasteiger partial charge in [-0.2, -0.15) is 26.3 Å². The van der Waals surface area contributed by atoms with Crippen molar-refractivity contribution in [3.8, 4) is 11.5 Å². The first-order valence-corrected chi connectivity index (χ1v) is 9.48. The van der Waals surface area contributed by atoms with Crippen molar-refractivity contribution in [2.24, 2.45) is 0 Å². The Bertz CT molecular complexity index is 870. The van der Waals surface area contributed by atoms with Gasteiger partial charge in [0.1, 0.15) is 24.2 Å². The summed E-state index contributed by atoms with van der Waals surface area (Å²) in [7, 11) is 0. The molecule has 168 valence electrons. The maximum Gasteiger partial charge on any atom is 0.411 e. The van der Waals surface area contributed by atoms with E-state index in [1.807, 2.05) is 0 Å². The average Bonchev–Trinajstić information content (AvgIpc) is 3.48. The van der Waals surface area contributed by atoms with Crippen LogP contribution in [0.1, 0.15) is 17.5 Å². The molecule has 4 nitrogen and oxygen atoms in total. The summed E-state index contributed by atoms with van der Waals surface area (Å²) in [4.78, 5) is 0. The second-order valence-corrected chi connectivity index (χ2v) is 7.27. The molecule has 0 aromatic heterocycles. The lowest BCUT2D eigenvalue weighted by atomic mass is 9.73. The monoisotopic (exact) mass is 448 g/mol. The topological polar surface area (TPSA) is 40.2 Å². The van der Waals surface area contributed by atoms with Crippen LogP contribution in [0.5, 0.6) is 11.5 Å². The molecule has 2 unspecified atom stereocenters. The van der Waals surface area contributed by atoms with Crippen LogP contribution in [-0.2, 0) is 14.9 Å². The van der Waals surface area contributed by atoms with E-state index >= 15 is 0 Å². The Balaban J connectivity index is 1.70. The molecule has 2 atom stereocenters. The van der Waals surface area contributed by atoms with Crippen LogP contribution in [0, 0.1) is 0 Å². The van der Waals surface area contributed by atoms with Crippen molar-refractivity contribution in [3.05, 3.63) is 59.7 Å². The molecule has 0 bridgehead atoms. The zero-order valence-electron chi connectivity index (χ0n) is 16.0. The van der Waals surface area contributed by atoms with Crippen LogP contribution in [0.3, 0.4) is 0 Å². The van der Waals surface area contributed by atoms with Gasteiger partial charge in [0, 0.05) is 6.42 Å². The molecule has 2 aromatic carbocycles. The van der Waals surface area contributed by atoms with Crippen LogP contribution in [0.15, 0.2) is 48.5 Å². The van der Waals surface area contributed by atoms with Crippen molar-refractivity contribution < 1.29 is 45.3 Å². The van der Waals surface area contributed by atoms with Gasteiger partial charge in [0.05, 0.1) is 13.2 Å².